The molecule has 0 unspecified atom stereocenters. The predicted octanol–water partition coefficient (Wildman–Crippen LogP) is 2.31. The van der Waals surface area contributed by atoms with E-state index in [1.807, 2.05) is 22.7 Å². The Labute approximate surface area is 143 Å². The van der Waals surface area contributed by atoms with Crippen LogP contribution in [0.5, 0.6) is 0 Å². The Morgan fingerprint density at radius 3 is 2.64 bits per heavy atom. The van der Waals surface area contributed by atoms with Crippen LogP contribution in [-0.2, 0) is 9.59 Å². The molecule has 1 N–H and O–H groups in total. The molecular weight excluding hydrogens is 320 g/mol. The first kappa shape index (κ1) is 16.2. The number of carbonyl (C=O) groups excluding carboxylic acids is 1. The molecule has 0 aliphatic heterocycles. The molecule has 7 nitrogen and oxygen atoms in total. The second-order valence-corrected chi connectivity index (χ2v) is 5.49. The fraction of sp³-hybridized carbons (Fsp3) is 0.111. The highest BCUT2D eigenvalue weighted by atomic mass is 16.4. The van der Waals surface area contributed by atoms with Gasteiger partial charge in [-0.25, -0.2) is 4.98 Å². The van der Waals surface area contributed by atoms with Gasteiger partial charge < -0.3 is 14.4 Å². The maximum atomic E-state index is 11.9. The topological polar surface area (TPSA) is 98.7 Å². The van der Waals surface area contributed by atoms with Crippen molar-refractivity contribution in [2.45, 2.75) is 6.42 Å². The number of aliphatic carboxylic acids is 1. The van der Waals surface area contributed by atoms with Gasteiger partial charge in [0.25, 0.3) is 0 Å². The van der Waals surface area contributed by atoms with Crippen molar-refractivity contribution >= 4 is 23.2 Å². The monoisotopic (exact) mass is 334 g/mol. The van der Waals surface area contributed by atoms with E-state index in [0.717, 1.165) is 11.3 Å². The SMILES string of the molecule is CN(C(=O)CC(=O)O)c1ccn2cc(-c3ccc(C#N)cc3)nc2c1. The summed E-state index contributed by atoms with van der Waals surface area (Å²) in [6, 6.07) is 12.6. The first-order valence-electron chi connectivity index (χ1n) is 7.45. The number of anilines is 1. The summed E-state index contributed by atoms with van der Waals surface area (Å²) in [5.74, 6) is -1.67. The highest BCUT2D eigenvalue weighted by Gasteiger charge is 2.15. The number of pyridine rings is 1. The van der Waals surface area contributed by atoms with Crippen LogP contribution in [0.4, 0.5) is 5.69 Å². The van der Waals surface area contributed by atoms with Crippen LogP contribution >= 0.6 is 0 Å². The van der Waals surface area contributed by atoms with Crippen molar-refractivity contribution in [3.63, 3.8) is 0 Å². The number of benzene rings is 1. The van der Waals surface area contributed by atoms with Crippen LogP contribution in [0.1, 0.15) is 12.0 Å². The molecule has 1 aromatic carbocycles. The fourth-order valence-corrected chi connectivity index (χ4v) is 2.43. The van der Waals surface area contributed by atoms with E-state index in [-0.39, 0.29) is 0 Å². The molecule has 1 amide bonds. The number of fused-ring (bicyclic) bond motifs is 1. The number of carboxylic acids is 1. The van der Waals surface area contributed by atoms with Crippen LogP contribution in [0.15, 0.2) is 48.8 Å². The summed E-state index contributed by atoms with van der Waals surface area (Å²) in [6.45, 7) is 0. The van der Waals surface area contributed by atoms with E-state index in [0.29, 0.717) is 16.9 Å². The third kappa shape index (κ3) is 3.33. The van der Waals surface area contributed by atoms with Crippen molar-refractivity contribution in [3.05, 3.63) is 54.4 Å². The Morgan fingerprint density at radius 2 is 2.00 bits per heavy atom. The number of nitriles is 1. The average Bonchev–Trinajstić information content (AvgIpc) is 3.03. The summed E-state index contributed by atoms with van der Waals surface area (Å²) in [5.41, 5.74) is 3.39. The molecule has 0 aliphatic carbocycles. The molecule has 0 aliphatic rings. The van der Waals surface area contributed by atoms with Crippen LogP contribution in [0.3, 0.4) is 0 Å². The predicted molar refractivity (Wildman–Crippen MR) is 91.0 cm³/mol. The molecule has 0 bridgehead atoms. The maximum absolute atomic E-state index is 11.9. The Morgan fingerprint density at radius 1 is 1.28 bits per heavy atom. The van der Waals surface area contributed by atoms with E-state index >= 15 is 0 Å². The Kier molecular flexibility index (Phi) is 4.18. The van der Waals surface area contributed by atoms with Crippen LogP contribution in [0.2, 0.25) is 0 Å². The van der Waals surface area contributed by atoms with Crippen molar-refractivity contribution in [3.8, 4) is 17.3 Å². The summed E-state index contributed by atoms with van der Waals surface area (Å²) in [4.78, 5) is 28.4. The second kappa shape index (κ2) is 6.45. The third-order valence-corrected chi connectivity index (χ3v) is 3.82. The van der Waals surface area contributed by atoms with Crippen molar-refractivity contribution in [1.29, 1.82) is 5.26 Å². The van der Waals surface area contributed by atoms with Gasteiger partial charge in [0.2, 0.25) is 5.91 Å². The van der Waals surface area contributed by atoms with Gasteiger partial charge in [-0.3, -0.25) is 9.59 Å². The molecule has 3 rings (SSSR count). The van der Waals surface area contributed by atoms with Crippen molar-refractivity contribution < 1.29 is 14.7 Å². The number of carboxylic acid groups (broad SMARTS) is 1. The molecule has 124 valence electrons. The van der Waals surface area contributed by atoms with E-state index in [9.17, 15) is 9.59 Å². The molecule has 0 saturated heterocycles. The molecule has 2 aromatic heterocycles. The van der Waals surface area contributed by atoms with E-state index in [4.69, 9.17) is 10.4 Å². The number of imidazole rings is 1. The van der Waals surface area contributed by atoms with Gasteiger partial charge in [0.1, 0.15) is 12.1 Å². The van der Waals surface area contributed by atoms with E-state index < -0.39 is 18.3 Å². The van der Waals surface area contributed by atoms with Crippen molar-refractivity contribution in [2.75, 3.05) is 11.9 Å². The molecular formula is C18H14N4O3. The number of nitrogens with zero attached hydrogens (tertiary/aromatic N) is 4. The molecule has 7 heteroatoms. The first-order chi connectivity index (χ1) is 12.0. The summed E-state index contributed by atoms with van der Waals surface area (Å²) >= 11 is 0. The lowest BCUT2D eigenvalue weighted by atomic mass is 10.1. The lowest BCUT2D eigenvalue weighted by Gasteiger charge is -2.16. The minimum absolute atomic E-state index is 0.504. The molecule has 25 heavy (non-hydrogen) atoms. The van der Waals surface area contributed by atoms with Crippen molar-refractivity contribution in [1.82, 2.24) is 9.38 Å². The molecule has 0 fully saturated rings. The number of aromatic nitrogens is 2. The summed E-state index contributed by atoms with van der Waals surface area (Å²) in [5, 5.41) is 17.6. The second-order valence-electron chi connectivity index (χ2n) is 5.49. The lowest BCUT2D eigenvalue weighted by molar-refractivity contribution is -0.140. The zero-order valence-corrected chi connectivity index (χ0v) is 13.4. The number of amides is 1. The van der Waals surface area contributed by atoms with Gasteiger partial charge in [0, 0.05) is 36.8 Å². The van der Waals surface area contributed by atoms with Gasteiger partial charge in [-0.1, -0.05) is 12.1 Å². The lowest BCUT2D eigenvalue weighted by Crippen LogP contribution is -2.28. The first-order valence-corrected chi connectivity index (χ1v) is 7.45. The van der Waals surface area contributed by atoms with Gasteiger partial charge in [0.15, 0.2) is 0 Å². The minimum atomic E-state index is -1.16. The van der Waals surface area contributed by atoms with Gasteiger partial charge in [-0.15, -0.1) is 0 Å². The van der Waals surface area contributed by atoms with Gasteiger partial charge in [-0.2, -0.15) is 5.26 Å². The van der Waals surface area contributed by atoms with Crippen LogP contribution < -0.4 is 4.90 Å². The molecule has 3 aromatic rings. The van der Waals surface area contributed by atoms with Gasteiger partial charge in [-0.05, 0) is 18.2 Å². The van der Waals surface area contributed by atoms with Crippen LogP contribution in [0.25, 0.3) is 16.9 Å². The van der Waals surface area contributed by atoms with Gasteiger partial charge >= 0.3 is 5.97 Å². The Bertz CT molecular complexity index is 999. The maximum Gasteiger partial charge on any atom is 0.312 e. The van der Waals surface area contributed by atoms with Crippen molar-refractivity contribution in [2.24, 2.45) is 0 Å². The standard InChI is InChI=1S/C18H14N4O3/c1-21(17(23)9-18(24)25)14-6-7-22-11-15(20-16(22)8-14)13-4-2-12(10-19)3-5-13/h2-8,11H,9H2,1H3,(H,24,25). The largest absolute Gasteiger partial charge is 0.481 e. The van der Waals surface area contributed by atoms with Gasteiger partial charge in [0.05, 0.1) is 17.3 Å². The Hall–Kier alpha value is -3.66. The summed E-state index contributed by atoms with van der Waals surface area (Å²) < 4.78 is 1.81. The number of hydrogen-bond acceptors (Lipinski definition) is 4. The van der Waals surface area contributed by atoms with E-state index in [1.54, 1.807) is 30.5 Å². The molecule has 0 atom stereocenters. The highest BCUT2D eigenvalue weighted by Crippen LogP contribution is 2.22. The molecule has 0 radical (unpaired) electrons. The zero-order chi connectivity index (χ0) is 18.0. The zero-order valence-electron chi connectivity index (χ0n) is 13.4. The van der Waals surface area contributed by atoms with Crippen LogP contribution in [-0.4, -0.2) is 33.4 Å². The highest BCUT2D eigenvalue weighted by molar-refractivity contribution is 6.02. The smallest absolute Gasteiger partial charge is 0.312 e. The Balaban J connectivity index is 1.92. The summed E-state index contributed by atoms with van der Waals surface area (Å²) in [6.07, 6.45) is 3.04. The molecule has 2 heterocycles. The minimum Gasteiger partial charge on any atom is -0.481 e. The number of hydrogen-bond donors (Lipinski definition) is 1. The molecule has 0 spiro atoms. The normalized spacial score (nSPS) is 10.4. The number of rotatable bonds is 4. The third-order valence-electron chi connectivity index (χ3n) is 3.82. The summed E-state index contributed by atoms with van der Waals surface area (Å²) in [7, 11) is 1.53. The van der Waals surface area contributed by atoms with E-state index in [2.05, 4.69) is 11.1 Å². The van der Waals surface area contributed by atoms with E-state index in [1.165, 1.54) is 11.9 Å². The molecule has 0 saturated carbocycles. The number of carbonyl (C=O) groups is 2. The fourth-order valence-electron chi connectivity index (χ4n) is 2.43. The van der Waals surface area contributed by atoms with Crippen LogP contribution in [0, 0.1) is 11.3 Å². The quantitative estimate of drug-likeness (QED) is 0.738. The average molecular weight is 334 g/mol.